The molecule has 2 amide bonds. The molecule has 6 heteroatoms. The molecule has 1 saturated heterocycles. The highest BCUT2D eigenvalue weighted by molar-refractivity contribution is 6.30. The van der Waals surface area contributed by atoms with E-state index in [1.807, 2.05) is 38.1 Å². The molecule has 2 aromatic rings. The summed E-state index contributed by atoms with van der Waals surface area (Å²) in [6, 6.07) is 14.6. The zero-order chi connectivity index (χ0) is 20.3. The van der Waals surface area contributed by atoms with Crippen LogP contribution in [0, 0.1) is 5.92 Å². The highest BCUT2D eigenvalue weighted by Crippen LogP contribution is 2.35. The first-order valence-corrected chi connectivity index (χ1v) is 9.76. The Morgan fingerprint density at radius 1 is 1.14 bits per heavy atom. The number of hydrogen-bond donors (Lipinski definition) is 1. The van der Waals surface area contributed by atoms with Crippen LogP contribution < -0.4 is 10.1 Å². The van der Waals surface area contributed by atoms with Crippen molar-refractivity contribution in [3.63, 3.8) is 0 Å². The third-order valence-electron chi connectivity index (χ3n) is 4.97. The van der Waals surface area contributed by atoms with E-state index < -0.39 is 0 Å². The highest BCUT2D eigenvalue weighted by atomic mass is 35.5. The molecule has 5 nitrogen and oxygen atoms in total. The molecule has 0 radical (unpaired) electrons. The first kappa shape index (κ1) is 20.2. The maximum absolute atomic E-state index is 13.0. The number of carbonyl (C=O) groups is 2. The molecule has 0 aromatic heterocycles. The lowest BCUT2D eigenvalue weighted by Crippen LogP contribution is -2.39. The molecule has 0 unspecified atom stereocenters. The van der Waals surface area contributed by atoms with Crippen molar-refractivity contribution in [3.05, 3.63) is 64.7 Å². The van der Waals surface area contributed by atoms with E-state index in [4.69, 9.17) is 16.3 Å². The standard InChI is InChI=1S/C22H25ClN2O3/c1-14(2)24-21(26)20-13-25(22(27)16-7-4-8-17(23)10-16)12-19(20)15-6-5-9-18(11-15)28-3/h4-11,14,19-20H,12-13H2,1-3H3,(H,24,26)/t19-,20+/m0/s1. The summed E-state index contributed by atoms with van der Waals surface area (Å²) in [6.07, 6.45) is 0. The SMILES string of the molecule is COc1cccc([C@@H]2CN(C(=O)c3cccc(Cl)c3)C[C@H]2C(=O)NC(C)C)c1. The van der Waals surface area contributed by atoms with Crippen molar-refractivity contribution in [1.29, 1.82) is 0 Å². The number of hydrogen-bond acceptors (Lipinski definition) is 3. The molecule has 148 valence electrons. The van der Waals surface area contributed by atoms with Gasteiger partial charge in [0.05, 0.1) is 13.0 Å². The predicted molar refractivity (Wildman–Crippen MR) is 110 cm³/mol. The molecule has 1 heterocycles. The molecule has 0 saturated carbocycles. The summed E-state index contributed by atoms with van der Waals surface area (Å²) in [5.74, 6) is 0.161. The van der Waals surface area contributed by atoms with Gasteiger partial charge < -0.3 is 15.0 Å². The number of nitrogens with zero attached hydrogens (tertiary/aromatic N) is 1. The average molecular weight is 401 g/mol. The Hall–Kier alpha value is -2.53. The summed E-state index contributed by atoms with van der Waals surface area (Å²) in [5.41, 5.74) is 1.52. The van der Waals surface area contributed by atoms with Gasteiger partial charge in [0.1, 0.15) is 5.75 Å². The molecular formula is C22H25ClN2O3. The number of nitrogens with one attached hydrogen (secondary N) is 1. The van der Waals surface area contributed by atoms with Gasteiger partial charge in [-0.25, -0.2) is 0 Å². The molecule has 2 atom stereocenters. The zero-order valence-corrected chi connectivity index (χ0v) is 17.1. The minimum Gasteiger partial charge on any atom is -0.497 e. The Morgan fingerprint density at radius 3 is 2.57 bits per heavy atom. The van der Waals surface area contributed by atoms with E-state index in [1.54, 1.807) is 36.3 Å². The van der Waals surface area contributed by atoms with Crippen LogP contribution in [0.15, 0.2) is 48.5 Å². The van der Waals surface area contributed by atoms with Crippen molar-refractivity contribution in [2.45, 2.75) is 25.8 Å². The van der Waals surface area contributed by atoms with Gasteiger partial charge in [0.2, 0.25) is 5.91 Å². The lowest BCUT2D eigenvalue weighted by Gasteiger charge is -2.20. The van der Waals surface area contributed by atoms with E-state index in [2.05, 4.69) is 5.32 Å². The van der Waals surface area contributed by atoms with Crippen LogP contribution in [-0.4, -0.2) is 43.0 Å². The molecule has 0 bridgehead atoms. The van der Waals surface area contributed by atoms with Crippen LogP contribution in [0.2, 0.25) is 5.02 Å². The fourth-order valence-electron chi connectivity index (χ4n) is 3.64. The van der Waals surface area contributed by atoms with Crippen LogP contribution >= 0.6 is 11.6 Å². The zero-order valence-electron chi connectivity index (χ0n) is 16.3. The third-order valence-corrected chi connectivity index (χ3v) is 5.20. The molecule has 28 heavy (non-hydrogen) atoms. The molecule has 2 aromatic carbocycles. The summed E-state index contributed by atoms with van der Waals surface area (Å²) in [6.45, 7) is 4.70. The second-order valence-electron chi connectivity index (χ2n) is 7.37. The predicted octanol–water partition coefficient (Wildman–Crippen LogP) is 3.73. The fourth-order valence-corrected chi connectivity index (χ4v) is 3.83. The molecule has 1 N–H and O–H groups in total. The van der Waals surface area contributed by atoms with Crippen molar-refractivity contribution in [1.82, 2.24) is 10.2 Å². The van der Waals surface area contributed by atoms with Gasteiger partial charge in [0, 0.05) is 35.6 Å². The second kappa shape index (κ2) is 8.65. The summed E-state index contributed by atoms with van der Waals surface area (Å²) in [5, 5.41) is 3.51. The van der Waals surface area contributed by atoms with Crippen molar-refractivity contribution in [3.8, 4) is 5.75 Å². The lowest BCUT2D eigenvalue weighted by atomic mass is 9.88. The van der Waals surface area contributed by atoms with Crippen molar-refractivity contribution >= 4 is 23.4 Å². The molecule has 0 aliphatic carbocycles. The van der Waals surface area contributed by atoms with Crippen molar-refractivity contribution in [2.75, 3.05) is 20.2 Å². The fraction of sp³-hybridized carbons (Fsp3) is 0.364. The Morgan fingerprint density at radius 2 is 1.89 bits per heavy atom. The normalized spacial score (nSPS) is 19.0. The van der Waals surface area contributed by atoms with Gasteiger partial charge in [-0.05, 0) is 49.7 Å². The van der Waals surface area contributed by atoms with Crippen LogP contribution in [0.5, 0.6) is 5.75 Å². The lowest BCUT2D eigenvalue weighted by molar-refractivity contribution is -0.125. The topological polar surface area (TPSA) is 58.6 Å². The Bertz CT molecular complexity index is 868. The van der Waals surface area contributed by atoms with E-state index >= 15 is 0 Å². The van der Waals surface area contributed by atoms with Gasteiger partial charge in [0.15, 0.2) is 0 Å². The minimum atomic E-state index is -0.322. The number of benzene rings is 2. The number of amides is 2. The van der Waals surface area contributed by atoms with Crippen LogP contribution in [-0.2, 0) is 4.79 Å². The summed E-state index contributed by atoms with van der Waals surface area (Å²) in [7, 11) is 1.62. The van der Waals surface area contributed by atoms with Gasteiger partial charge in [-0.15, -0.1) is 0 Å². The van der Waals surface area contributed by atoms with Crippen molar-refractivity contribution in [2.24, 2.45) is 5.92 Å². The van der Waals surface area contributed by atoms with E-state index in [-0.39, 0.29) is 29.7 Å². The van der Waals surface area contributed by atoms with Crippen molar-refractivity contribution < 1.29 is 14.3 Å². The van der Waals surface area contributed by atoms with E-state index in [0.717, 1.165) is 11.3 Å². The summed E-state index contributed by atoms with van der Waals surface area (Å²) < 4.78 is 5.34. The molecule has 0 spiro atoms. The van der Waals surface area contributed by atoms with Gasteiger partial charge in [-0.1, -0.05) is 29.8 Å². The first-order chi connectivity index (χ1) is 13.4. The van der Waals surface area contributed by atoms with Gasteiger partial charge >= 0.3 is 0 Å². The average Bonchev–Trinajstić information content (AvgIpc) is 3.12. The maximum atomic E-state index is 13.0. The minimum absolute atomic E-state index is 0.0378. The summed E-state index contributed by atoms with van der Waals surface area (Å²) >= 11 is 6.04. The Labute approximate surface area is 170 Å². The Kier molecular flexibility index (Phi) is 6.25. The number of methoxy groups -OCH3 is 1. The quantitative estimate of drug-likeness (QED) is 0.831. The van der Waals surface area contributed by atoms with Gasteiger partial charge in [-0.3, -0.25) is 9.59 Å². The van der Waals surface area contributed by atoms with Gasteiger partial charge in [0.25, 0.3) is 5.91 Å². The summed E-state index contributed by atoms with van der Waals surface area (Å²) in [4.78, 5) is 27.6. The number of likely N-dealkylation sites (tertiary alicyclic amines) is 1. The number of halogens is 1. The maximum Gasteiger partial charge on any atom is 0.253 e. The van der Waals surface area contributed by atoms with Crippen LogP contribution in [0.4, 0.5) is 0 Å². The molecule has 1 fully saturated rings. The van der Waals surface area contributed by atoms with Gasteiger partial charge in [-0.2, -0.15) is 0 Å². The van der Waals surface area contributed by atoms with E-state index in [0.29, 0.717) is 23.7 Å². The molecule has 1 aliphatic heterocycles. The number of ether oxygens (including phenoxy) is 1. The van der Waals surface area contributed by atoms with Crippen LogP contribution in [0.3, 0.4) is 0 Å². The molecule has 1 aliphatic rings. The highest BCUT2D eigenvalue weighted by Gasteiger charge is 2.40. The molecule has 3 rings (SSSR count). The number of rotatable bonds is 5. The first-order valence-electron chi connectivity index (χ1n) is 9.38. The van der Waals surface area contributed by atoms with Crippen LogP contribution in [0.1, 0.15) is 35.7 Å². The van der Waals surface area contributed by atoms with E-state index in [1.165, 1.54) is 0 Å². The Balaban J connectivity index is 1.89. The molecular weight excluding hydrogens is 376 g/mol. The van der Waals surface area contributed by atoms with Crippen LogP contribution in [0.25, 0.3) is 0 Å². The largest absolute Gasteiger partial charge is 0.497 e. The second-order valence-corrected chi connectivity index (χ2v) is 7.81. The number of carbonyl (C=O) groups excluding carboxylic acids is 2. The van der Waals surface area contributed by atoms with E-state index in [9.17, 15) is 9.59 Å². The smallest absolute Gasteiger partial charge is 0.253 e. The third kappa shape index (κ3) is 4.47. The monoisotopic (exact) mass is 400 g/mol.